The summed E-state index contributed by atoms with van der Waals surface area (Å²) >= 11 is 0. The van der Waals surface area contributed by atoms with Crippen LogP contribution in [0.1, 0.15) is 43.1 Å². The molecule has 22 heavy (non-hydrogen) atoms. The van der Waals surface area contributed by atoms with E-state index in [1.807, 2.05) is 30.3 Å². The van der Waals surface area contributed by atoms with Crippen LogP contribution in [-0.4, -0.2) is 22.8 Å². The minimum absolute atomic E-state index is 0.290. The smallest absolute Gasteiger partial charge is 0.119 e. The Kier molecular flexibility index (Phi) is 5.11. The highest BCUT2D eigenvalue weighted by atomic mass is 16.5. The molecule has 0 bridgehead atoms. The number of hydrogen-bond acceptors (Lipinski definition) is 3. The second-order valence-electron chi connectivity index (χ2n) is 6.09. The lowest BCUT2D eigenvalue weighted by Crippen LogP contribution is -2.31. The van der Waals surface area contributed by atoms with Crippen molar-refractivity contribution in [2.45, 2.75) is 51.6 Å². The van der Waals surface area contributed by atoms with Crippen LogP contribution < -0.4 is 10.1 Å². The molecule has 0 aliphatic heterocycles. The van der Waals surface area contributed by atoms with Gasteiger partial charge in [-0.05, 0) is 50.3 Å². The number of nitrogens with zero attached hydrogens (tertiary/aromatic N) is 1. The third-order valence-electron chi connectivity index (χ3n) is 4.25. The average Bonchev–Trinajstić information content (AvgIpc) is 2.78. The van der Waals surface area contributed by atoms with Gasteiger partial charge in [-0.15, -0.1) is 0 Å². The van der Waals surface area contributed by atoms with E-state index in [0.29, 0.717) is 12.6 Å². The maximum atomic E-state index is 5.78. The largest absolute Gasteiger partial charge is 0.492 e. The quantitative estimate of drug-likeness (QED) is 0.805. The molecule has 2 N–H and O–H groups in total. The summed E-state index contributed by atoms with van der Waals surface area (Å²) in [5.74, 6) is 0.921. The summed E-state index contributed by atoms with van der Waals surface area (Å²) in [6.07, 6.45) is 6.21. The molecular weight excluding hydrogens is 274 g/mol. The topological polar surface area (TPSA) is 49.9 Å². The number of aromatic amines is 1. The van der Waals surface area contributed by atoms with Gasteiger partial charge in [0.2, 0.25) is 0 Å². The van der Waals surface area contributed by atoms with Crippen LogP contribution in [0, 0.1) is 0 Å². The molecule has 1 aromatic carbocycles. The van der Waals surface area contributed by atoms with Gasteiger partial charge >= 0.3 is 0 Å². The molecule has 1 aromatic heterocycles. The third kappa shape index (κ3) is 3.89. The summed E-state index contributed by atoms with van der Waals surface area (Å²) in [5.41, 5.74) is 3.98. The Labute approximate surface area is 132 Å². The Hall–Kier alpha value is -1.81. The molecule has 0 fully saturated rings. The van der Waals surface area contributed by atoms with Crippen molar-refractivity contribution in [1.29, 1.82) is 0 Å². The molecule has 4 heteroatoms. The molecule has 3 rings (SSSR count). The van der Waals surface area contributed by atoms with Crippen molar-refractivity contribution in [3.63, 3.8) is 0 Å². The Morgan fingerprint density at radius 2 is 2.00 bits per heavy atom. The third-order valence-corrected chi connectivity index (χ3v) is 4.25. The number of rotatable bonds is 6. The van der Waals surface area contributed by atoms with E-state index in [0.717, 1.165) is 25.1 Å². The number of ether oxygens (including phenoxy) is 1. The van der Waals surface area contributed by atoms with Gasteiger partial charge in [-0.3, -0.25) is 5.10 Å². The first kappa shape index (κ1) is 15.1. The Morgan fingerprint density at radius 3 is 2.86 bits per heavy atom. The first-order valence-corrected chi connectivity index (χ1v) is 8.29. The molecule has 1 aliphatic carbocycles. The van der Waals surface area contributed by atoms with Gasteiger partial charge in [0.05, 0.1) is 5.69 Å². The van der Waals surface area contributed by atoms with Crippen molar-refractivity contribution < 1.29 is 4.74 Å². The number of nitrogens with one attached hydrogen (secondary N) is 2. The minimum Gasteiger partial charge on any atom is -0.492 e. The minimum atomic E-state index is 0.290. The van der Waals surface area contributed by atoms with E-state index in [1.54, 1.807) is 0 Å². The predicted octanol–water partition coefficient (Wildman–Crippen LogP) is 3.24. The lowest BCUT2D eigenvalue weighted by molar-refractivity contribution is 0.272. The molecular formula is C18H25N3O. The maximum Gasteiger partial charge on any atom is 0.119 e. The molecule has 0 spiro atoms. The Morgan fingerprint density at radius 1 is 1.18 bits per heavy atom. The number of fused-ring (bicyclic) bond motifs is 1. The summed E-state index contributed by atoms with van der Waals surface area (Å²) in [4.78, 5) is 0. The molecule has 0 saturated heterocycles. The fraction of sp³-hybridized carbons (Fsp3) is 0.500. The number of hydrogen-bond donors (Lipinski definition) is 2. The Bertz CT molecular complexity index is 579. The molecule has 1 aliphatic rings. The number of para-hydroxylation sites is 1. The number of aromatic nitrogens is 2. The normalized spacial score (nSPS) is 15.9. The molecule has 2 aromatic rings. The van der Waals surface area contributed by atoms with E-state index >= 15 is 0 Å². The molecule has 118 valence electrons. The maximum absolute atomic E-state index is 5.78. The summed E-state index contributed by atoms with van der Waals surface area (Å²) in [6, 6.07) is 10.2. The van der Waals surface area contributed by atoms with Gasteiger partial charge in [-0.2, -0.15) is 5.10 Å². The number of benzene rings is 1. The summed E-state index contributed by atoms with van der Waals surface area (Å²) in [6.45, 7) is 3.62. The highest BCUT2D eigenvalue weighted by Crippen LogP contribution is 2.21. The molecule has 1 atom stereocenters. The van der Waals surface area contributed by atoms with E-state index in [9.17, 15) is 0 Å². The molecule has 0 radical (unpaired) electrons. The van der Waals surface area contributed by atoms with Crippen molar-refractivity contribution in [2.75, 3.05) is 6.61 Å². The van der Waals surface area contributed by atoms with E-state index in [-0.39, 0.29) is 0 Å². The standard InChI is InChI=1S/C18H25N3O/c1-14(13-22-15-8-4-2-5-9-15)19-12-18-16-10-6-3-7-11-17(16)20-21-18/h2,4-5,8-9,14,19H,3,6-7,10-13H2,1H3,(H,20,21). The van der Waals surface area contributed by atoms with E-state index in [4.69, 9.17) is 4.74 Å². The van der Waals surface area contributed by atoms with Gasteiger partial charge in [0.1, 0.15) is 12.4 Å². The van der Waals surface area contributed by atoms with Crippen LogP contribution >= 0.6 is 0 Å². The van der Waals surface area contributed by atoms with Gasteiger partial charge in [-0.25, -0.2) is 0 Å². The summed E-state index contributed by atoms with van der Waals surface area (Å²) in [7, 11) is 0. The van der Waals surface area contributed by atoms with Crippen LogP contribution in [0.15, 0.2) is 30.3 Å². The van der Waals surface area contributed by atoms with E-state index in [1.165, 1.54) is 36.2 Å². The van der Waals surface area contributed by atoms with Crippen molar-refractivity contribution in [2.24, 2.45) is 0 Å². The molecule has 0 amide bonds. The molecule has 0 saturated carbocycles. The molecule has 1 unspecified atom stereocenters. The molecule has 1 heterocycles. The zero-order valence-electron chi connectivity index (χ0n) is 13.3. The summed E-state index contributed by atoms with van der Waals surface area (Å²) < 4.78 is 5.78. The van der Waals surface area contributed by atoms with Gasteiger partial charge in [0, 0.05) is 18.3 Å². The van der Waals surface area contributed by atoms with Crippen LogP contribution in [0.25, 0.3) is 0 Å². The van der Waals surface area contributed by atoms with Crippen molar-refractivity contribution in [3.05, 3.63) is 47.3 Å². The highest BCUT2D eigenvalue weighted by molar-refractivity contribution is 5.26. The van der Waals surface area contributed by atoms with E-state index in [2.05, 4.69) is 22.4 Å². The van der Waals surface area contributed by atoms with Crippen LogP contribution in [0.5, 0.6) is 5.75 Å². The lowest BCUT2D eigenvalue weighted by atomic mass is 10.1. The van der Waals surface area contributed by atoms with Gasteiger partial charge in [0.15, 0.2) is 0 Å². The zero-order chi connectivity index (χ0) is 15.2. The number of aryl methyl sites for hydroxylation is 1. The van der Waals surface area contributed by atoms with Crippen LogP contribution in [0.2, 0.25) is 0 Å². The second-order valence-corrected chi connectivity index (χ2v) is 6.09. The SMILES string of the molecule is CC(COc1ccccc1)NCc1n[nH]c2c1CCCCC2. The first-order chi connectivity index (χ1) is 10.8. The molecule has 4 nitrogen and oxygen atoms in total. The Balaban J connectivity index is 1.49. The monoisotopic (exact) mass is 299 g/mol. The lowest BCUT2D eigenvalue weighted by Gasteiger charge is -2.14. The van der Waals surface area contributed by atoms with Crippen LogP contribution in [0.3, 0.4) is 0 Å². The van der Waals surface area contributed by atoms with Crippen LogP contribution in [-0.2, 0) is 19.4 Å². The van der Waals surface area contributed by atoms with Crippen LogP contribution in [0.4, 0.5) is 0 Å². The number of H-pyrrole nitrogens is 1. The average molecular weight is 299 g/mol. The predicted molar refractivity (Wildman–Crippen MR) is 88.1 cm³/mol. The van der Waals surface area contributed by atoms with Gasteiger partial charge in [-0.1, -0.05) is 24.6 Å². The fourth-order valence-corrected chi connectivity index (χ4v) is 2.94. The van der Waals surface area contributed by atoms with Gasteiger partial charge < -0.3 is 10.1 Å². The second kappa shape index (κ2) is 7.45. The zero-order valence-corrected chi connectivity index (χ0v) is 13.3. The first-order valence-electron chi connectivity index (χ1n) is 8.29. The van der Waals surface area contributed by atoms with E-state index < -0.39 is 0 Å². The van der Waals surface area contributed by atoms with Crippen molar-refractivity contribution >= 4 is 0 Å². The van der Waals surface area contributed by atoms with Gasteiger partial charge in [0.25, 0.3) is 0 Å². The van der Waals surface area contributed by atoms with Crippen molar-refractivity contribution in [3.8, 4) is 5.75 Å². The fourth-order valence-electron chi connectivity index (χ4n) is 2.94. The summed E-state index contributed by atoms with van der Waals surface area (Å²) in [5, 5.41) is 11.2. The highest BCUT2D eigenvalue weighted by Gasteiger charge is 2.15. The van der Waals surface area contributed by atoms with Crippen molar-refractivity contribution in [1.82, 2.24) is 15.5 Å².